The van der Waals surface area contributed by atoms with Gasteiger partial charge in [0.05, 0.1) is 28.8 Å². The number of benzene rings is 3. The van der Waals surface area contributed by atoms with Crippen LogP contribution in [-0.4, -0.2) is 27.5 Å². The van der Waals surface area contributed by atoms with Gasteiger partial charge in [-0.05, 0) is 61.9 Å². The molecule has 0 aromatic heterocycles. The Balaban J connectivity index is 1.89. The number of hydrogen-bond acceptors (Lipinski definition) is 4. The zero-order chi connectivity index (χ0) is 25.6. The van der Waals surface area contributed by atoms with Gasteiger partial charge < -0.3 is 10.1 Å². The second-order valence-electron chi connectivity index (χ2n) is 7.66. The van der Waals surface area contributed by atoms with Gasteiger partial charge >= 0.3 is 6.18 Å². The third-order valence-electron chi connectivity index (χ3n) is 5.15. The lowest BCUT2D eigenvalue weighted by molar-refractivity contribution is -0.137. The van der Waals surface area contributed by atoms with Crippen molar-refractivity contribution in [1.29, 1.82) is 0 Å². The summed E-state index contributed by atoms with van der Waals surface area (Å²) < 4.78 is 72.6. The Morgan fingerprint density at radius 1 is 1.00 bits per heavy atom. The standard InChI is InChI=1S/C25H25F3N2O4S/c1-3-34-22-14-12-19(13-15-22)18(2)29-24(31)17-30(35(32,33)23-10-5-4-6-11-23)21-9-7-8-20(16-21)25(26,27)28/h4-16,18H,3,17H2,1-2H3,(H,29,31)/t18-/m0/s1. The molecule has 0 aliphatic rings. The fourth-order valence-corrected chi connectivity index (χ4v) is 4.83. The molecule has 0 spiro atoms. The Kier molecular flexibility index (Phi) is 8.06. The molecule has 3 rings (SSSR count). The highest BCUT2D eigenvalue weighted by Gasteiger charge is 2.33. The van der Waals surface area contributed by atoms with Crippen molar-refractivity contribution >= 4 is 21.6 Å². The zero-order valence-corrected chi connectivity index (χ0v) is 19.9. The van der Waals surface area contributed by atoms with E-state index >= 15 is 0 Å². The van der Waals surface area contributed by atoms with Crippen LogP contribution in [0.25, 0.3) is 0 Å². The Morgan fingerprint density at radius 2 is 1.66 bits per heavy atom. The first-order valence-electron chi connectivity index (χ1n) is 10.8. The van der Waals surface area contributed by atoms with Gasteiger partial charge in [0.1, 0.15) is 12.3 Å². The number of nitrogens with zero attached hydrogens (tertiary/aromatic N) is 1. The maximum atomic E-state index is 13.3. The minimum atomic E-state index is -4.68. The van der Waals surface area contributed by atoms with Crippen molar-refractivity contribution in [2.45, 2.75) is 31.0 Å². The molecule has 0 bridgehead atoms. The van der Waals surface area contributed by atoms with Crippen molar-refractivity contribution in [3.8, 4) is 5.75 Å². The summed E-state index contributed by atoms with van der Waals surface area (Å²) in [5.41, 5.74) is -0.544. The number of ether oxygens (including phenoxy) is 1. The van der Waals surface area contributed by atoms with E-state index in [0.717, 1.165) is 17.7 Å². The molecule has 0 unspecified atom stereocenters. The number of alkyl halides is 3. The molecule has 0 radical (unpaired) electrons. The van der Waals surface area contributed by atoms with Crippen molar-refractivity contribution in [2.75, 3.05) is 17.5 Å². The van der Waals surface area contributed by atoms with Crippen LogP contribution in [0.4, 0.5) is 18.9 Å². The molecule has 0 saturated heterocycles. The lowest BCUT2D eigenvalue weighted by Gasteiger charge is -2.26. The van der Waals surface area contributed by atoms with Gasteiger partial charge in [-0.25, -0.2) is 8.42 Å². The van der Waals surface area contributed by atoms with Crippen LogP contribution in [-0.2, 0) is 21.0 Å². The van der Waals surface area contributed by atoms with Gasteiger partial charge in [0.2, 0.25) is 5.91 Å². The third kappa shape index (κ3) is 6.54. The molecule has 0 aliphatic heterocycles. The molecule has 1 atom stereocenters. The lowest BCUT2D eigenvalue weighted by Crippen LogP contribution is -2.41. The summed E-state index contributed by atoms with van der Waals surface area (Å²) in [6.45, 7) is 3.37. The smallest absolute Gasteiger partial charge is 0.416 e. The number of hydrogen-bond donors (Lipinski definition) is 1. The maximum absolute atomic E-state index is 13.3. The maximum Gasteiger partial charge on any atom is 0.416 e. The summed E-state index contributed by atoms with van der Waals surface area (Å²) in [6.07, 6.45) is -4.68. The molecular weight excluding hydrogens is 481 g/mol. The molecule has 0 saturated carbocycles. The van der Waals surface area contributed by atoms with E-state index in [1.54, 1.807) is 37.3 Å². The minimum Gasteiger partial charge on any atom is -0.494 e. The number of anilines is 1. The Bertz CT molecular complexity index is 1250. The summed E-state index contributed by atoms with van der Waals surface area (Å²) in [5.74, 6) is -0.0113. The van der Waals surface area contributed by atoms with E-state index in [-0.39, 0.29) is 10.6 Å². The van der Waals surface area contributed by atoms with Crippen LogP contribution in [0.3, 0.4) is 0 Å². The Morgan fingerprint density at radius 3 is 2.26 bits per heavy atom. The second-order valence-corrected chi connectivity index (χ2v) is 9.53. The van der Waals surface area contributed by atoms with Crippen LogP contribution in [0, 0.1) is 0 Å². The molecule has 0 aliphatic carbocycles. The predicted octanol–water partition coefficient (Wildman–Crippen LogP) is 5.18. The molecule has 10 heteroatoms. The molecule has 35 heavy (non-hydrogen) atoms. The van der Waals surface area contributed by atoms with E-state index in [0.29, 0.717) is 22.7 Å². The largest absolute Gasteiger partial charge is 0.494 e. The highest BCUT2D eigenvalue weighted by atomic mass is 32.2. The number of halogens is 3. The number of nitrogens with one attached hydrogen (secondary N) is 1. The summed E-state index contributed by atoms with van der Waals surface area (Å²) in [6, 6.07) is 17.6. The van der Waals surface area contributed by atoms with Gasteiger partial charge in [0, 0.05) is 0 Å². The van der Waals surface area contributed by atoms with Crippen molar-refractivity contribution < 1.29 is 31.1 Å². The molecule has 0 fully saturated rings. The average Bonchev–Trinajstić information content (AvgIpc) is 2.83. The number of rotatable bonds is 9. The first-order chi connectivity index (χ1) is 16.5. The summed E-state index contributed by atoms with van der Waals surface area (Å²) in [4.78, 5) is 12.7. The molecule has 6 nitrogen and oxygen atoms in total. The fraction of sp³-hybridized carbons (Fsp3) is 0.240. The average molecular weight is 507 g/mol. The molecule has 3 aromatic rings. The molecule has 186 valence electrons. The van der Waals surface area contributed by atoms with Gasteiger partial charge in [-0.2, -0.15) is 13.2 Å². The van der Waals surface area contributed by atoms with Gasteiger partial charge in [0.25, 0.3) is 10.0 Å². The molecule has 1 amide bonds. The summed E-state index contributed by atoms with van der Waals surface area (Å²) >= 11 is 0. The van der Waals surface area contributed by atoms with Gasteiger partial charge in [-0.3, -0.25) is 9.10 Å². The first kappa shape index (κ1) is 26.1. The minimum absolute atomic E-state index is 0.148. The third-order valence-corrected chi connectivity index (χ3v) is 6.94. The lowest BCUT2D eigenvalue weighted by atomic mass is 10.1. The number of carbonyl (C=O) groups excluding carboxylic acids is 1. The number of amides is 1. The normalized spacial score (nSPS) is 12.6. The molecule has 3 aromatic carbocycles. The Labute approximate surface area is 202 Å². The molecule has 1 N–H and O–H groups in total. The Hall–Kier alpha value is -3.53. The molecule has 0 heterocycles. The van der Waals surface area contributed by atoms with Crippen molar-refractivity contribution in [1.82, 2.24) is 5.32 Å². The van der Waals surface area contributed by atoms with E-state index in [1.165, 1.54) is 30.3 Å². The van der Waals surface area contributed by atoms with E-state index in [2.05, 4.69) is 5.32 Å². The zero-order valence-electron chi connectivity index (χ0n) is 19.1. The predicted molar refractivity (Wildman–Crippen MR) is 127 cm³/mol. The first-order valence-corrected chi connectivity index (χ1v) is 12.2. The monoisotopic (exact) mass is 506 g/mol. The van der Waals surface area contributed by atoms with Crippen LogP contribution in [0.1, 0.15) is 31.0 Å². The van der Waals surface area contributed by atoms with Crippen LogP contribution >= 0.6 is 0 Å². The van der Waals surface area contributed by atoms with Gasteiger partial charge in [0.15, 0.2) is 0 Å². The topological polar surface area (TPSA) is 75.7 Å². The number of carbonyl (C=O) groups is 1. The van der Waals surface area contributed by atoms with Gasteiger partial charge in [-0.1, -0.05) is 36.4 Å². The summed E-state index contributed by atoms with van der Waals surface area (Å²) in [7, 11) is -4.34. The quantitative estimate of drug-likeness (QED) is 0.434. The van der Waals surface area contributed by atoms with Crippen LogP contribution < -0.4 is 14.4 Å². The fourth-order valence-electron chi connectivity index (χ4n) is 3.39. The van der Waals surface area contributed by atoms with Crippen LogP contribution in [0.2, 0.25) is 0 Å². The second kappa shape index (κ2) is 10.8. The van der Waals surface area contributed by atoms with Crippen molar-refractivity contribution in [3.63, 3.8) is 0 Å². The number of sulfonamides is 1. The van der Waals surface area contributed by atoms with Crippen molar-refractivity contribution in [3.05, 3.63) is 90.0 Å². The van der Waals surface area contributed by atoms with Gasteiger partial charge in [-0.15, -0.1) is 0 Å². The van der Waals surface area contributed by atoms with E-state index in [1.807, 2.05) is 6.92 Å². The summed E-state index contributed by atoms with van der Waals surface area (Å²) in [5, 5.41) is 2.71. The molecular formula is C25H25F3N2O4S. The van der Waals surface area contributed by atoms with Crippen LogP contribution in [0.15, 0.2) is 83.8 Å². The van der Waals surface area contributed by atoms with Crippen LogP contribution in [0.5, 0.6) is 5.75 Å². The van der Waals surface area contributed by atoms with Crippen molar-refractivity contribution in [2.24, 2.45) is 0 Å². The van der Waals surface area contributed by atoms with E-state index < -0.39 is 40.3 Å². The van der Waals surface area contributed by atoms with E-state index in [4.69, 9.17) is 4.74 Å². The SMILES string of the molecule is CCOc1ccc([C@H](C)NC(=O)CN(c2cccc(C(F)(F)F)c2)S(=O)(=O)c2ccccc2)cc1. The van der Waals surface area contributed by atoms with E-state index in [9.17, 15) is 26.4 Å². The highest BCUT2D eigenvalue weighted by molar-refractivity contribution is 7.92. The highest BCUT2D eigenvalue weighted by Crippen LogP contribution is 2.33.